The van der Waals surface area contributed by atoms with Gasteiger partial charge in [-0.1, -0.05) is 0 Å². The monoisotopic (exact) mass is 404 g/mol. The minimum absolute atomic E-state index is 0.0535. The van der Waals surface area contributed by atoms with Gasteiger partial charge in [-0.25, -0.2) is 9.67 Å². The first-order valence-corrected chi connectivity index (χ1v) is 9.35. The van der Waals surface area contributed by atoms with Crippen LogP contribution in [0.15, 0.2) is 35.5 Å². The first-order chi connectivity index (χ1) is 12.3. The number of hydrogen-bond acceptors (Lipinski definition) is 4. The smallest absolute Gasteiger partial charge is 0.150 e. The zero-order chi connectivity index (χ0) is 17.2. The van der Waals surface area contributed by atoms with E-state index in [1.807, 2.05) is 17.1 Å². The molecule has 1 aliphatic heterocycles. The number of halogens is 1. The summed E-state index contributed by atoms with van der Waals surface area (Å²) in [6.07, 6.45) is 11.5. The van der Waals surface area contributed by atoms with Crippen molar-refractivity contribution in [2.45, 2.75) is 32.0 Å². The van der Waals surface area contributed by atoms with Crippen LogP contribution in [0.1, 0.15) is 25.5 Å². The predicted octanol–water partition coefficient (Wildman–Crippen LogP) is 4.01. The number of methoxy groups -OCH3 is 1. The first kappa shape index (κ1) is 16.8. The lowest BCUT2D eigenvalue weighted by Gasteiger charge is -2.22. The van der Waals surface area contributed by atoms with Gasteiger partial charge in [-0.05, 0) is 41.3 Å². The van der Waals surface area contributed by atoms with E-state index in [4.69, 9.17) is 9.47 Å². The van der Waals surface area contributed by atoms with Crippen molar-refractivity contribution in [3.05, 3.63) is 35.5 Å². The predicted molar refractivity (Wildman–Crippen MR) is 99.4 cm³/mol. The molecular weight excluding hydrogens is 384 g/mol. The lowest BCUT2D eigenvalue weighted by Crippen LogP contribution is -2.18. The van der Waals surface area contributed by atoms with E-state index in [1.165, 1.54) is 6.42 Å². The minimum Gasteiger partial charge on any atom is -0.383 e. The van der Waals surface area contributed by atoms with Crippen molar-refractivity contribution < 1.29 is 9.47 Å². The molecule has 4 heterocycles. The van der Waals surface area contributed by atoms with Crippen molar-refractivity contribution in [2.75, 3.05) is 20.3 Å². The maximum atomic E-state index is 5.84. The molecule has 0 radical (unpaired) electrons. The van der Waals surface area contributed by atoms with E-state index in [1.54, 1.807) is 7.11 Å². The van der Waals surface area contributed by atoms with Crippen LogP contribution in [0, 0.1) is 0 Å². The molecule has 25 heavy (non-hydrogen) atoms. The van der Waals surface area contributed by atoms with Gasteiger partial charge in [0.1, 0.15) is 10.8 Å². The van der Waals surface area contributed by atoms with Gasteiger partial charge in [-0.15, -0.1) is 0 Å². The molecule has 0 N–H and O–H groups in total. The summed E-state index contributed by atoms with van der Waals surface area (Å²) in [5.41, 5.74) is 3.33. The Balaban J connectivity index is 1.73. The van der Waals surface area contributed by atoms with Crippen LogP contribution in [0.5, 0.6) is 0 Å². The number of fused-ring (bicyclic) bond motifs is 1. The van der Waals surface area contributed by atoms with E-state index >= 15 is 0 Å². The Morgan fingerprint density at radius 2 is 2.24 bits per heavy atom. The van der Waals surface area contributed by atoms with E-state index in [9.17, 15) is 0 Å². The molecule has 0 spiro atoms. The Bertz CT molecular complexity index is 867. The molecule has 7 heteroatoms. The summed E-state index contributed by atoms with van der Waals surface area (Å²) in [5, 5.41) is 5.70. The summed E-state index contributed by atoms with van der Waals surface area (Å²) in [6.45, 7) is 2.26. The van der Waals surface area contributed by atoms with Gasteiger partial charge in [0.05, 0.1) is 24.5 Å². The Morgan fingerprint density at radius 1 is 1.32 bits per heavy atom. The molecule has 132 valence electrons. The van der Waals surface area contributed by atoms with Gasteiger partial charge in [-0.2, -0.15) is 5.10 Å². The fraction of sp³-hybridized carbons (Fsp3) is 0.444. The second-order valence-corrected chi connectivity index (χ2v) is 7.10. The topological polar surface area (TPSA) is 54.1 Å². The lowest BCUT2D eigenvalue weighted by atomic mass is 10.1. The van der Waals surface area contributed by atoms with Crippen molar-refractivity contribution in [1.82, 2.24) is 19.3 Å². The highest BCUT2D eigenvalue weighted by atomic mass is 79.9. The van der Waals surface area contributed by atoms with Crippen molar-refractivity contribution >= 4 is 26.8 Å². The fourth-order valence-electron chi connectivity index (χ4n) is 3.33. The normalized spacial score (nSPS) is 18.1. The largest absolute Gasteiger partial charge is 0.383 e. The number of aromatic nitrogens is 4. The molecule has 0 saturated carbocycles. The number of hydrogen-bond donors (Lipinski definition) is 0. The van der Waals surface area contributed by atoms with Gasteiger partial charge < -0.3 is 14.0 Å². The SMILES string of the molecule is COCCn1cc(-c2cnn(C3CCCCO3)c2)c2cc(Br)ncc21. The molecule has 0 aliphatic carbocycles. The molecule has 0 amide bonds. The summed E-state index contributed by atoms with van der Waals surface area (Å²) in [7, 11) is 1.72. The second-order valence-electron chi connectivity index (χ2n) is 6.28. The van der Waals surface area contributed by atoms with Crippen LogP contribution in [-0.2, 0) is 16.0 Å². The van der Waals surface area contributed by atoms with Gasteiger partial charge in [0.2, 0.25) is 0 Å². The third-order valence-electron chi connectivity index (χ3n) is 4.63. The molecule has 1 aliphatic rings. The molecule has 4 rings (SSSR count). The van der Waals surface area contributed by atoms with E-state index in [0.29, 0.717) is 6.61 Å². The maximum Gasteiger partial charge on any atom is 0.150 e. The van der Waals surface area contributed by atoms with Crippen LogP contribution in [0.2, 0.25) is 0 Å². The zero-order valence-electron chi connectivity index (χ0n) is 14.2. The zero-order valence-corrected chi connectivity index (χ0v) is 15.8. The Morgan fingerprint density at radius 3 is 3.04 bits per heavy atom. The van der Waals surface area contributed by atoms with Gasteiger partial charge >= 0.3 is 0 Å². The van der Waals surface area contributed by atoms with Crippen LogP contribution in [0.4, 0.5) is 0 Å². The molecule has 3 aromatic rings. The average Bonchev–Trinajstić information content (AvgIpc) is 3.25. The molecule has 1 saturated heterocycles. The number of rotatable bonds is 5. The quantitative estimate of drug-likeness (QED) is 0.602. The standard InChI is InChI=1S/C18H21BrN4O2/c1-24-7-5-22-12-15(14-8-17(19)20-10-16(14)22)13-9-21-23(11-13)18-4-2-3-6-25-18/h8-12,18H,2-7H2,1H3. The average molecular weight is 405 g/mol. The second kappa shape index (κ2) is 7.27. The molecule has 6 nitrogen and oxygen atoms in total. The van der Waals surface area contributed by atoms with E-state index < -0.39 is 0 Å². The van der Waals surface area contributed by atoms with Crippen molar-refractivity contribution in [3.8, 4) is 11.1 Å². The van der Waals surface area contributed by atoms with Gasteiger partial charge in [0.15, 0.2) is 0 Å². The first-order valence-electron chi connectivity index (χ1n) is 8.56. The van der Waals surface area contributed by atoms with Crippen LogP contribution in [0.3, 0.4) is 0 Å². The van der Waals surface area contributed by atoms with E-state index in [2.05, 4.69) is 49.0 Å². The molecule has 0 aromatic carbocycles. The summed E-state index contributed by atoms with van der Waals surface area (Å²) >= 11 is 3.48. The molecule has 1 fully saturated rings. The van der Waals surface area contributed by atoms with Crippen LogP contribution in [0.25, 0.3) is 22.0 Å². The highest BCUT2D eigenvalue weighted by molar-refractivity contribution is 9.10. The highest BCUT2D eigenvalue weighted by Crippen LogP contribution is 2.33. The summed E-state index contributed by atoms with van der Waals surface area (Å²) in [4.78, 5) is 4.38. The Labute approximate surface area is 154 Å². The number of nitrogens with zero attached hydrogens (tertiary/aromatic N) is 4. The highest BCUT2D eigenvalue weighted by Gasteiger charge is 2.18. The molecule has 1 unspecified atom stereocenters. The van der Waals surface area contributed by atoms with Crippen molar-refractivity contribution in [1.29, 1.82) is 0 Å². The third-order valence-corrected chi connectivity index (χ3v) is 5.07. The summed E-state index contributed by atoms with van der Waals surface area (Å²) in [5.74, 6) is 0. The van der Waals surface area contributed by atoms with Crippen LogP contribution >= 0.6 is 15.9 Å². The van der Waals surface area contributed by atoms with Gasteiger partial charge in [-0.3, -0.25) is 0 Å². The maximum absolute atomic E-state index is 5.84. The molecule has 1 atom stereocenters. The lowest BCUT2D eigenvalue weighted by molar-refractivity contribution is -0.0394. The molecule has 0 bridgehead atoms. The van der Waals surface area contributed by atoms with Gasteiger partial charge in [0, 0.05) is 49.2 Å². The minimum atomic E-state index is 0.0535. The number of ether oxygens (including phenoxy) is 2. The van der Waals surface area contributed by atoms with Crippen LogP contribution in [-0.4, -0.2) is 39.7 Å². The summed E-state index contributed by atoms with van der Waals surface area (Å²) in [6, 6.07) is 2.06. The van der Waals surface area contributed by atoms with Crippen molar-refractivity contribution in [3.63, 3.8) is 0 Å². The fourth-order valence-corrected chi connectivity index (χ4v) is 3.67. The van der Waals surface area contributed by atoms with Crippen molar-refractivity contribution in [2.24, 2.45) is 0 Å². The Kier molecular flexibility index (Phi) is 4.87. The van der Waals surface area contributed by atoms with E-state index in [-0.39, 0.29) is 6.23 Å². The Hall–Kier alpha value is -1.70. The molecular formula is C18H21BrN4O2. The summed E-state index contributed by atoms with van der Waals surface area (Å²) < 4.78 is 16.0. The third kappa shape index (κ3) is 3.36. The van der Waals surface area contributed by atoms with E-state index in [0.717, 1.165) is 52.6 Å². The number of pyridine rings is 1. The van der Waals surface area contributed by atoms with Crippen LogP contribution < -0.4 is 0 Å². The van der Waals surface area contributed by atoms with Gasteiger partial charge in [0.25, 0.3) is 0 Å². The molecule has 3 aromatic heterocycles.